The molecular formula is C15H12FN5. The quantitative estimate of drug-likeness (QED) is 0.766. The molecule has 0 bridgehead atoms. The Morgan fingerprint density at radius 1 is 0.714 bits per heavy atom. The molecule has 3 rings (SSSR count). The maximum atomic E-state index is 12.8. The van der Waals surface area contributed by atoms with Crippen LogP contribution in [0.4, 0.5) is 27.4 Å². The van der Waals surface area contributed by atoms with E-state index < -0.39 is 0 Å². The summed E-state index contributed by atoms with van der Waals surface area (Å²) >= 11 is 0. The monoisotopic (exact) mass is 281 g/mol. The summed E-state index contributed by atoms with van der Waals surface area (Å²) in [6.07, 6.45) is 6.74. The molecule has 0 atom stereocenters. The first-order chi connectivity index (χ1) is 10.3. The Morgan fingerprint density at radius 3 is 2.00 bits per heavy atom. The lowest BCUT2D eigenvalue weighted by molar-refractivity contribution is 0.628. The van der Waals surface area contributed by atoms with Crippen molar-refractivity contribution in [2.45, 2.75) is 0 Å². The van der Waals surface area contributed by atoms with E-state index >= 15 is 0 Å². The number of nitrogens with one attached hydrogen (secondary N) is 2. The van der Waals surface area contributed by atoms with Gasteiger partial charge in [0.1, 0.15) is 5.82 Å². The first kappa shape index (κ1) is 13.0. The van der Waals surface area contributed by atoms with Gasteiger partial charge in [-0.1, -0.05) is 0 Å². The van der Waals surface area contributed by atoms with E-state index in [1.807, 2.05) is 12.1 Å². The van der Waals surface area contributed by atoms with Crippen LogP contribution in [0.3, 0.4) is 0 Å². The second kappa shape index (κ2) is 5.96. The topological polar surface area (TPSA) is 62.7 Å². The van der Waals surface area contributed by atoms with Crippen LogP contribution >= 0.6 is 0 Å². The number of benzene rings is 1. The maximum absolute atomic E-state index is 12.8. The zero-order valence-corrected chi connectivity index (χ0v) is 11.0. The van der Waals surface area contributed by atoms with Crippen molar-refractivity contribution >= 4 is 23.0 Å². The molecule has 6 heteroatoms. The molecule has 3 aromatic rings. The Bertz CT molecular complexity index is 698. The molecule has 5 nitrogen and oxygen atoms in total. The number of anilines is 4. The molecule has 0 unspecified atom stereocenters. The van der Waals surface area contributed by atoms with E-state index in [2.05, 4.69) is 25.6 Å². The normalized spacial score (nSPS) is 10.1. The smallest absolute Gasteiger partial charge is 0.227 e. The van der Waals surface area contributed by atoms with Gasteiger partial charge in [-0.25, -0.2) is 14.4 Å². The molecule has 0 fully saturated rings. The second-order valence-electron chi connectivity index (χ2n) is 4.29. The Labute approximate surface area is 120 Å². The molecule has 0 amide bonds. The molecule has 0 aliphatic carbocycles. The fraction of sp³-hybridized carbons (Fsp3) is 0. The van der Waals surface area contributed by atoms with Gasteiger partial charge in [-0.05, 0) is 36.4 Å². The summed E-state index contributed by atoms with van der Waals surface area (Å²) in [5, 5.41) is 6.16. The molecule has 2 heterocycles. The van der Waals surface area contributed by atoms with Crippen molar-refractivity contribution in [2.75, 3.05) is 10.6 Å². The van der Waals surface area contributed by atoms with Crippen molar-refractivity contribution in [3.8, 4) is 0 Å². The van der Waals surface area contributed by atoms with E-state index in [4.69, 9.17) is 0 Å². The Kier molecular flexibility index (Phi) is 3.68. The Morgan fingerprint density at radius 2 is 1.33 bits per heavy atom. The third-order valence-corrected chi connectivity index (χ3v) is 2.72. The van der Waals surface area contributed by atoms with Gasteiger partial charge in [-0.2, -0.15) is 0 Å². The van der Waals surface area contributed by atoms with E-state index in [9.17, 15) is 4.39 Å². The van der Waals surface area contributed by atoms with Gasteiger partial charge in [0.15, 0.2) is 0 Å². The van der Waals surface area contributed by atoms with Crippen LogP contribution in [0.1, 0.15) is 0 Å². The lowest BCUT2D eigenvalue weighted by atomic mass is 10.3. The highest BCUT2D eigenvalue weighted by molar-refractivity contribution is 5.59. The number of nitrogens with zero attached hydrogens (tertiary/aromatic N) is 3. The molecule has 0 saturated heterocycles. The van der Waals surface area contributed by atoms with E-state index in [0.717, 1.165) is 17.1 Å². The average Bonchev–Trinajstić information content (AvgIpc) is 2.53. The van der Waals surface area contributed by atoms with Gasteiger partial charge in [-0.15, -0.1) is 0 Å². The molecule has 0 saturated carbocycles. The SMILES string of the molecule is Fc1ccc(Nc2ncc(Nc3ccncc3)cn2)cc1. The van der Waals surface area contributed by atoms with Gasteiger partial charge >= 0.3 is 0 Å². The summed E-state index contributed by atoms with van der Waals surface area (Å²) in [6.45, 7) is 0. The molecule has 0 aliphatic heterocycles. The second-order valence-corrected chi connectivity index (χ2v) is 4.29. The van der Waals surface area contributed by atoms with Crippen LogP contribution in [0.15, 0.2) is 61.2 Å². The van der Waals surface area contributed by atoms with Crippen molar-refractivity contribution in [3.63, 3.8) is 0 Å². The molecule has 0 spiro atoms. The molecule has 104 valence electrons. The minimum Gasteiger partial charge on any atom is -0.353 e. The van der Waals surface area contributed by atoms with Crippen molar-refractivity contribution in [1.82, 2.24) is 15.0 Å². The highest BCUT2D eigenvalue weighted by atomic mass is 19.1. The van der Waals surface area contributed by atoms with Crippen molar-refractivity contribution < 1.29 is 4.39 Å². The summed E-state index contributed by atoms with van der Waals surface area (Å²) in [5.74, 6) is 0.167. The van der Waals surface area contributed by atoms with Crippen LogP contribution in [-0.4, -0.2) is 15.0 Å². The number of hydrogen-bond donors (Lipinski definition) is 2. The van der Waals surface area contributed by atoms with Gasteiger partial charge in [0.2, 0.25) is 5.95 Å². The number of rotatable bonds is 4. The zero-order valence-electron chi connectivity index (χ0n) is 11.0. The Hall–Kier alpha value is -3.02. The predicted molar refractivity (Wildman–Crippen MR) is 79.2 cm³/mol. The third kappa shape index (κ3) is 3.50. The van der Waals surface area contributed by atoms with Crippen molar-refractivity contribution in [2.24, 2.45) is 0 Å². The van der Waals surface area contributed by atoms with Gasteiger partial charge in [0, 0.05) is 23.8 Å². The highest BCUT2D eigenvalue weighted by Gasteiger charge is 2.00. The van der Waals surface area contributed by atoms with Gasteiger partial charge in [0.25, 0.3) is 0 Å². The molecule has 0 aliphatic rings. The number of aromatic nitrogens is 3. The van der Waals surface area contributed by atoms with Crippen molar-refractivity contribution in [3.05, 3.63) is 67.0 Å². The molecular weight excluding hydrogens is 269 g/mol. The fourth-order valence-corrected chi connectivity index (χ4v) is 1.72. The molecule has 21 heavy (non-hydrogen) atoms. The maximum Gasteiger partial charge on any atom is 0.227 e. The molecule has 0 radical (unpaired) electrons. The van der Waals surface area contributed by atoms with Crippen LogP contribution in [0, 0.1) is 5.82 Å². The predicted octanol–water partition coefficient (Wildman–Crippen LogP) is 3.50. The summed E-state index contributed by atoms with van der Waals surface area (Å²) in [6, 6.07) is 9.71. The van der Waals surface area contributed by atoms with Gasteiger partial charge in [-0.3, -0.25) is 4.98 Å². The Balaban J connectivity index is 1.68. The molecule has 1 aromatic carbocycles. The van der Waals surface area contributed by atoms with E-state index in [-0.39, 0.29) is 5.82 Å². The summed E-state index contributed by atoms with van der Waals surface area (Å²) in [5.41, 5.74) is 2.41. The zero-order chi connectivity index (χ0) is 14.5. The minimum atomic E-state index is -0.279. The average molecular weight is 281 g/mol. The first-order valence-electron chi connectivity index (χ1n) is 6.31. The van der Waals surface area contributed by atoms with E-state index in [1.54, 1.807) is 36.9 Å². The minimum absolute atomic E-state index is 0.279. The first-order valence-corrected chi connectivity index (χ1v) is 6.31. The standard InChI is InChI=1S/C15H12FN5/c16-11-1-3-12(4-2-11)21-15-18-9-14(10-19-15)20-13-5-7-17-8-6-13/h1-10H,(H,17,20)(H,18,19,21). The van der Waals surface area contributed by atoms with Crippen LogP contribution < -0.4 is 10.6 Å². The summed E-state index contributed by atoms with van der Waals surface area (Å²) in [4.78, 5) is 12.3. The largest absolute Gasteiger partial charge is 0.353 e. The molecule has 2 aromatic heterocycles. The summed E-state index contributed by atoms with van der Waals surface area (Å²) in [7, 11) is 0. The lowest BCUT2D eigenvalue weighted by Crippen LogP contribution is -1.98. The number of hydrogen-bond acceptors (Lipinski definition) is 5. The summed E-state index contributed by atoms with van der Waals surface area (Å²) < 4.78 is 12.8. The number of halogens is 1. The van der Waals surface area contributed by atoms with Crippen LogP contribution in [0.2, 0.25) is 0 Å². The van der Waals surface area contributed by atoms with E-state index in [1.165, 1.54) is 12.1 Å². The number of pyridine rings is 1. The van der Waals surface area contributed by atoms with Crippen LogP contribution in [0.5, 0.6) is 0 Å². The van der Waals surface area contributed by atoms with Gasteiger partial charge < -0.3 is 10.6 Å². The third-order valence-electron chi connectivity index (χ3n) is 2.72. The lowest BCUT2D eigenvalue weighted by Gasteiger charge is -2.07. The van der Waals surface area contributed by atoms with Crippen LogP contribution in [0.25, 0.3) is 0 Å². The van der Waals surface area contributed by atoms with Crippen molar-refractivity contribution in [1.29, 1.82) is 0 Å². The van der Waals surface area contributed by atoms with Crippen LogP contribution in [-0.2, 0) is 0 Å². The van der Waals surface area contributed by atoms with E-state index in [0.29, 0.717) is 5.95 Å². The van der Waals surface area contributed by atoms with Gasteiger partial charge in [0.05, 0.1) is 18.1 Å². The molecule has 2 N–H and O–H groups in total. The fourth-order valence-electron chi connectivity index (χ4n) is 1.72. The highest BCUT2D eigenvalue weighted by Crippen LogP contribution is 2.16.